The van der Waals surface area contributed by atoms with Gasteiger partial charge in [0.2, 0.25) is 0 Å². The van der Waals surface area contributed by atoms with Crippen molar-refractivity contribution in [3.63, 3.8) is 0 Å². The van der Waals surface area contributed by atoms with Crippen molar-refractivity contribution in [3.8, 4) is 0 Å². The minimum absolute atomic E-state index is 0.0223. The fourth-order valence-corrected chi connectivity index (χ4v) is 10.3. The van der Waals surface area contributed by atoms with E-state index in [9.17, 15) is 14.5 Å². The number of nitrogens with zero attached hydrogens (tertiary/aromatic N) is 2. The molecule has 272 valence electrons. The van der Waals surface area contributed by atoms with Crippen molar-refractivity contribution in [2.24, 2.45) is 0 Å². The number of ether oxygens (including phenoxy) is 4. The molecule has 0 radical (unpaired) electrons. The number of methoxy groups -OCH3 is 2. The number of benzene rings is 2. The topological polar surface area (TPSA) is 124 Å². The first-order chi connectivity index (χ1) is 23.8. The first-order valence-electron chi connectivity index (χ1n) is 17.2. The maximum absolute atomic E-state index is 13.0. The van der Waals surface area contributed by atoms with Crippen LogP contribution in [0.3, 0.4) is 0 Å². The summed E-state index contributed by atoms with van der Waals surface area (Å²) >= 11 is 0. The van der Waals surface area contributed by atoms with Gasteiger partial charge in [0.15, 0.2) is 0 Å². The fraction of sp³-hybridized carbons (Fsp3) is 0.474. The second-order valence-electron chi connectivity index (χ2n) is 13.7. The average molecular weight is 710 g/mol. The monoisotopic (exact) mass is 709 g/mol. The summed E-state index contributed by atoms with van der Waals surface area (Å²) < 4.78 is 35.3. The Kier molecular flexibility index (Phi) is 11.8. The second kappa shape index (κ2) is 15.6. The number of H-pyrrole nitrogens is 1. The predicted octanol–water partition coefficient (Wildman–Crippen LogP) is 5.59. The van der Waals surface area contributed by atoms with Crippen LogP contribution in [0.25, 0.3) is 0 Å². The molecule has 1 aromatic heterocycles. The van der Waals surface area contributed by atoms with Crippen molar-refractivity contribution >= 4 is 7.87 Å². The molecule has 0 unspecified atom stereocenters. The van der Waals surface area contributed by atoms with Crippen molar-refractivity contribution < 1.29 is 28.4 Å². The van der Waals surface area contributed by atoms with Gasteiger partial charge in [0.25, 0.3) is 0 Å². The summed E-state index contributed by atoms with van der Waals surface area (Å²) in [7, 11) is -0.253. The van der Waals surface area contributed by atoms with Crippen LogP contribution in [0, 0.1) is 6.92 Å². The Morgan fingerprint density at radius 1 is 1.02 bits per heavy atom. The van der Waals surface area contributed by atoms with E-state index in [-0.39, 0.29) is 25.1 Å². The Morgan fingerprint density at radius 2 is 1.60 bits per heavy atom. The van der Waals surface area contributed by atoms with Crippen LogP contribution in [0.15, 0.2) is 100 Å². The van der Waals surface area contributed by atoms with Gasteiger partial charge in [-0.1, -0.05) is 0 Å². The molecule has 1 fully saturated rings. The molecule has 2 heterocycles. The van der Waals surface area contributed by atoms with E-state index >= 15 is 0 Å². The third-order valence-corrected chi connectivity index (χ3v) is 12.4. The molecule has 2 aromatic carbocycles. The number of hydrogen-bond donors (Lipinski definition) is 2. The van der Waals surface area contributed by atoms with Crippen LogP contribution in [-0.2, 0) is 29.1 Å². The standard InChI is InChI=1S/C38H52N3O8P/c1-26(2)41(27(3)4)50(8,44)49-32-23-34(40-24-28(5)35(42)39-36(40)43)48-33(32)25-47-38(29-15-11-9-12-16-29,30-17-13-10-14-18-30)31-19-21-37(45-6,46-7)22-20-31/h9-21,24,26-27,32-34,44,50H,22-23,25H2,1-8H3,(H,39,42,43)/t32-,33+,34+/m0/s1. The van der Waals surface area contributed by atoms with E-state index in [1.165, 1.54) is 10.8 Å². The van der Waals surface area contributed by atoms with Crippen LogP contribution in [0.1, 0.15) is 63.5 Å². The minimum atomic E-state index is -3.49. The molecule has 50 heavy (non-hydrogen) atoms. The number of hydrogen-bond acceptors (Lipinski definition) is 9. The van der Waals surface area contributed by atoms with E-state index in [4.69, 9.17) is 23.5 Å². The molecule has 0 amide bonds. The SMILES string of the molecule is COC1(OC)C=CC(C(OC[C@H]2O[C@@H](n3cc(C)c(=O)[nH]c3=O)C[C@@H]2O[PH](C)(O)N(C(C)C)C(C)C)(c2ccccc2)c2ccccc2)=CC1. The Bertz CT molecular complexity index is 1720. The summed E-state index contributed by atoms with van der Waals surface area (Å²) in [5.41, 5.74) is 0.932. The number of rotatable bonds is 14. The summed E-state index contributed by atoms with van der Waals surface area (Å²) in [5, 5.41) is 0. The molecule has 0 spiro atoms. The predicted molar refractivity (Wildman–Crippen MR) is 196 cm³/mol. The molecule has 11 nitrogen and oxygen atoms in total. The second-order valence-corrected chi connectivity index (χ2v) is 16.3. The average Bonchev–Trinajstić information content (AvgIpc) is 3.48. The molecule has 3 atom stereocenters. The van der Waals surface area contributed by atoms with Crippen LogP contribution < -0.4 is 11.2 Å². The van der Waals surface area contributed by atoms with E-state index in [1.54, 1.807) is 27.8 Å². The molecule has 12 heteroatoms. The van der Waals surface area contributed by atoms with E-state index in [2.05, 4.69) is 11.1 Å². The van der Waals surface area contributed by atoms with Crippen molar-refractivity contribution in [2.45, 2.75) is 89.4 Å². The molecule has 0 saturated carbocycles. The summed E-state index contributed by atoms with van der Waals surface area (Å²) in [5.74, 6) is -0.902. The summed E-state index contributed by atoms with van der Waals surface area (Å²) in [6.45, 7) is 11.6. The zero-order valence-electron chi connectivity index (χ0n) is 30.3. The van der Waals surface area contributed by atoms with Gasteiger partial charge in [-0.25, -0.2) is 0 Å². The van der Waals surface area contributed by atoms with Gasteiger partial charge in [-0.05, 0) is 0 Å². The van der Waals surface area contributed by atoms with Crippen LogP contribution in [0.4, 0.5) is 0 Å². The summed E-state index contributed by atoms with van der Waals surface area (Å²) in [6.07, 6.45) is 6.05. The van der Waals surface area contributed by atoms with Gasteiger partial charge < -0.3 is 0 Å². The first-order valence-corrected chi connectivity index (χ1v) is 19.5. The molecular formula is C38H52N3O8P. The number of aromatic amines is 1. The Hall–Kier alpha value is -3.25. The van der Waals surface area contributed by atoms with Crippen LogP contribution in [-0.4, -0.2) is 76.7 Å². The fourth-order valence-electron chi connectivity index (χ4n) is 7.40. The van der Waals surface area contributed by atoms with E-state index in [0.29, 0.717) is 12.0 Å². The van der Waals surface area contributed by atoms with Gasteiger partial charge in [0, 0.05) is 0 Å². The van der Waals surface area contributed by atoms with E-state index < -0.39 is 48.9 Å². The van der Waals surface area contributed by atoms with Gasteiger partial charge in [-0.15, -0.1) is 0 Å². The van der Waals surface area contributed by atoms with Crippen LogP contribution in [0.5, 0.6) is 0 Å². The van der Waals surface area contributed by atoms with Gasteiger partial charge in [-0.3, -0.25) is 0 Å². The summed E-state index contributed by atoms with van der Waals surface area (Å²) in [4.78, 5) is 39.6. The van der Waals surface area contributed by atoms with Gasteiger partial charge in [-0.2, -0.15) is 0 Å². The maximum atomic E-state index is 13.0. The van der Waals surface area contributed by atoms with Crippen LogP contribution >= 0.6 is 7.87 Å². The number of nitrogens with one attached hydrogen (secondary N) is 1. The molecule has 0 bridgehead atoms. The summed E-state index contributed by atoms with van der Waals surface area (Å²) in [6, 6.07) is 20.0. The molecule has 1 saturated heterocycles. The van der Waals surface area contributed by atoms with Crippen LogP contribution in [0.2, 0.25) is 0 Å². The normalized spacial score (nSPS) is 21.3. The van der Waals surface area contributed by atoms with Gasteiger partial charge in [0.1, 0.15) is 0 Å². The quantitative estimate of drug-likeness (QED) is 0.163. The van der Waals surface area contributed by atoms with Gasteiger partial charge in [0.05, 0.1) is 0 Å². The molecule has 1 aliphatic heterocycles. The van der Waals surface area contributed by atoms with E-state index in [0.717, 1.165) is 16.7 Å². The molecule has 1 aliphatic carbocycles. The first kappa shape index (κ1) is 38.0. The van der Waals surface area contributed by atoms with Crippen molar-refractivity contribution in [3.05, 3.63) is 128 Å². The molecular weight excluding hydrogens is 657 g/mol. The van der Waals surface area contributed by atoms with Crippen molar-refractivity contribution in [2.75, 3.05) is 27.5 Å². The zero-order valence-corrected chi connectivity index (χ0v) is 31.3. The van der Waals surface area contributed by atoms with Gasteiger partial charge >= 0.3 is 296 Å². The third kappa shape index (κ3) is 7.66. The van der Waals surface area contributed by atoms with Crippen molar-refractivity contribution in [1.82, 2.24) is 14.2 Å². The third-order valence-electron chi connectivity index (χ3n) is 9.65. The number of aromatic nitrogens is 2. The molecule has 3 aromatic rings. The van der Waals surface area contributed by atoms with Crippen molar-refractivity contribution in [1.29, 1.82) is 0 Å². The Labute approximate surface area is 295 Å². The molecule has 2 N–H and O–H groups in total. The Balaban J connectivity index is 1.58. The molecule has 5 rings (SSSR count). The molecule has 2 aliphatic rings. The number of aryl methyl sites for hydroxylation is 1. The van der Waals surface area contributed by atoms with E-state index in [1.807, 2.05) is 105 Å². The Morgan fingerprint density at radius 3 is 2.10 bits per heavy atom. The zero-order chi connectivity index (χ0) is 36.3.